The molecule has 96 valence electrons. The Morgan fingerprint density at radius 3 is 2.89 bits per heavy atom. The van der Waals surface area contributed by atoms with Crippen LogP contribution in [0.2, 0.25) is 0 Å². The van der Waals surface area contributed by atoms with Gasteiger partial charge in [0.1, 0.15) is 6.61 Å². The highest BCUT2D eigenvalue weighted by atomic mass is 32.1. The van der Waals surface area contributed by atoms with E-state index in [4.69, 9.17) is 10.5 Å². The van der Waals surface area contributed by atoms with Gasteiger partial charge in [-0.1, -0.05) is 13.0 Å². The smallest absolute Gasteiger partial charge is 0.165 e. The van der Waals surface area contributed by atoms with Gasteiger partial charge in [-0.2, -0.15) is 0 Å². The van der Waals surface area contributed by atoms with E-state index >= 15 is 0 Å². The summed E-state index contributed by atoms with van der Waals surface area (Å²) in [5, 5.41) is 3.00. The van der Waals surface area contributed by atoms with Crippen LogP contribution in [0, 0.1) is 5.82 Å². The van der Waals surface area contributed by atoms with Crippen molar-refractivity contribution >= 4 is 11.3 Å². The van der Waals surface area contributed by atoms with E-state index in [1.807, 2.05) is 5.38 Å². The number of hydrogen-bond acceptors (Lipinski definition) is 4. The zero-order valence-electron chi connectivity index (χ0n) is 10.1. The molecule has 2 aromatic rings. The number of halogens is 1. The minimum absolute atomic E-state index is 0.234. The Bertz CT molecular complexity index is 527. The Labute approximate surface area is 109 Å². The van der Waals surface area contributed by atoms with Gasteiger partial charge in [0.2, 0.25) is 0 Å². The lowest BCUT2D eigenvalue weighted by molar-refractivity contribution is 0.286. The van der Waals surface area contributed by atoms with Crippen molar-refractivity contribution < 1.29 is 9.13 Å². The van der Waals surface area contributed by atoms with Crippen molar-refractivity contribution in [2.24, 2.45) is 5.73 Å². The van der Waals surface area contributed by atoms with E-state index in [1.54, 1.807) is 23.5 Å². The fraction of sp³-hybridized carbons (Fsp3) is 0.308. The molecule has 0 atom stereocenters. The summed E-state index contributed by atoms with van der Waals surface area (Å²) in [6.07, 6.45) is 0.907. The quantitative estimate of drug-likeness (QED) is 0.905. The Morgan fingerprint density at radius 2 is 2.28 bits per heavy atom. The van der Waals surface area contributed by atoms with E-state index in [0.29, 0.717) is 6.54 Å². The molecule has 0 saturated heterocycles. The number of nitrogens with two attached hydrogens (primary N) is 1. The molecular formula is C13H15FN2OS. The molecule has 0 fully saturated rings. The first kappa shape index (κ1) is 13.0. The Morgan fingerprint density at radius 1 is 1.44 bits per heavy atom. The normalized spacial score (nSPS) is 10.6. The molecule has 0 unspecified atom stereocenters. The first-order valence-corrected chi connectivity index (χ1v) is 6.65. The fourth-order valence-electron chi connectivity index (χ4n) is 1.52. The van der Waals surface area contributed by atoms with E-state index in [9.17, 15) is 4.39 Å². The van der Waals surface area contributed by atoms with Crippen molar-refractivity contribution in [3.05, 3.63) is 45.7 Å². The molecule has 1 aromatic carbocycles. The monoisotopic (exact) mass is 266 g/mol. The highest BCUT2D eigenvalue weighted by Gasteiger charge is 2.06. The van der Waals surface area contributed by atoms with Crippen LogP contribution >= 0.6 is 11.3 Å². The van der Waals surface area contributed by atoms with Crippen LogP contribution in [0.1, 0.15) is 23.2 Å². The molecule has 2 N–H and O–H groups in total. The first-order valence-electron chi connectivity index (χ1n) is 5.77. The average molecular weight is 266 g/mol. The molecule has 2 rings (SSSR count). The molecule has 0 amide bonds. The molecule has 0 bridgehead atoms. The van der Waals surface area contributed by atoms with Gasteiger partial charge in [0.05, 0.1) is 10.7 Å². The molecule has 18 heavy (non-hydrogen) atoms. The van der Waals surface area contributed by atoms with Gasteiger partial charge in [0.15, 0.2) is 11.6 Å². The summed E-state index contributed by atoms with van der Waals surface area (Å²) in [5.41, 5.74) is 7.02. The van der Waals surface area contributed by atoms with Crippen molar-refractivity contribution in [2.45, 2.75) is 26.5 Å². The molecule has 1 heterocycles. The molecule has 0 spiro atoms. The Kier molecular flexibility index (Phi) is 4.28. The molecule has 0 aliphatic rings. The van der Waals surface area contributed by atoms with Crippen LogP contribution < -0.4 is 10.5 Å². The van der Waals surface area contributed by atoms with E-state index in [1.165, 1.54) is 6.07 Å². The minimum atomic E-state index is -0.385. The topological polar surface area (TPSA) is 48.1 Å². The number of benzene rings is 1. The van der Waals surface area contributed by atoms with Crippen molar-refractivity contribution in [1.29, 1.82) is 0 Å². The highest BCUT2D eigenvalue weighted by molar-refractivity contribution is 7.09. The summed E-state index contributed by atoms with van der Waals surface area (Å²) in [5.74, 6) is -0.151. The molecule has 3 nitrogen and oxygen atoms in total. The number of rotatable bonds is 5. The lowest BCUT2D eigenvalue weighted by atomic mass is 10.2. The summed E-state index contributed by atoms with van der Waals surface area (Å²) in [6.45, 7) is 2.66. The number of hydrogen-bond donors (Lipinski definition) is 1. The third-order valence-electron chi connectivity index (χ3n) is 2.51. The second-order valence-corrected chi connectivity index (χ2v) is 4.79. The number of aromatic nitrogens is 1. The number of nitrogens with zero attached hydrogens (tertiary/aromatic N) is 1. The standard InChI is InChI=1S/C13H15FN2OS/c1-2-13-16-10(8-18-13)7-17-12-4-3-9(6-15)5-11(12)14/h3-5,8H,2,6-7,15H2,1H3. The number of aryl methyl sites for hydroxylation is 1. The van der Waals surface area contributed by atoms with Crippen LogP contribution in [0.25, 0.3) is 0 Å². The second-order valence-electron chi connectivity index (χ2n) is 3.84. The van der Waals surface area contributed by atoms with Crippen molar-refractivity contribution in [2.75, 3.05) is 0 Å². The van der Waals surface area contributed by atoms with Crippen LogP contribution in [-0.2, 0) is 19.6 Å². The van der Waals surface area contributed by atoms with E-state index < -0.39 is 0 Å². The van der Waals surface area contributed by atoms with E-state index in [-0.39, 0.29) is 18.2 Å². The van der Waals surface area contributed by atoms with Gasteiger partial charge in [-0.15, -0.1) is 11.3 Å². The predicted octanol–water partition coefficient (Wildman–Crippen LogP) is 2.88. The average Bonchev–Trinajstić information content (AvgIpc) is 2.85. The SMILES string of the molecule is CCc1nc(COc2ccc(CN)cc2F)cs1. The fourth-order valence-corrected chi connectivity index (χ4v) is 2.25. The van der Waals surface area contributed by atoms with Crippen LogP contribution in [0.4, 0.5) is 4.39 Å². The third-order valence-corrected chi connectivity index (χ3v) is 3.55. The maximum Gasteiger partial charge on any atom is 0.165 e. The highest BCUT2D eigenvalue weighted by Crippen LogP contribution is 2.20. The van der Waals surface area contributed by atoms with Crippen LogP contribution in [-0.4, -0.2) is 4.98 Å². The Hall–Kier alpha value is -1.46. The Balaban J connectivity index is 2.01. The van der Waals surface area contributed by atoms with Crippen LogP contribution in [0.15, 0.2) is 23.6 Å². The zero-order chi connectivity index (χ0) is 13.0. The van der Waals surface area contributed by atoms with Gasteiger partial charge < -0.3 is 10.5 Å². The minimum Gasteiger partial charge on any atom is -0.484 e. The predicted molar refractivity (Wildman–Crippen MR) is 70.1 cm³/mol. The maximum absolute atomic E-state index is 13.6. The van der Waals surface area contributed by atoms with Crippen molar-refractivity contribution in [1.82, 2.24) is 4.98 Å². The molecular weight excluding hydrogens is 251 g/mol. The van der Waals surface area contributed by atoms with Crippen LogP contribution in [0.3, 0.4) is 0 Å². The summed E-state index contributed by atoms with van der Waals surface area (Å²) in [7, 11) is 0. The third kappa shape index (κ3) is 3.05. The number of thiazole rings is 1. The lowest BCUT2D eigenvalue weighted by Gasteiger charge is -2.06. The van der Waals surface area contributed by atoms with Crippen molar-refractivity contribution in [3.8, 4) is 5.75 Å². The van der Waals surface area contributed by atoms with E-state index in [2.05, 4.69) is 11.9 Å². The second kappa shape index (κ2) is 5.93. The maximum atomic E-state index is 13.6. The van der Waals surface area contributed by atoms with Crippen LogP contribution in [0.5, 0.6) is 5.75 Å². The van der Waals surface area contributed by atoms with Gasteiger partial charge in [-0.3, -0.25) is 0 Å². The van der Waals surface area contributed by atoms with Gasteiger partial charge >= 0.3 is 0 Å². The van der Waals surface area contributed by atoms with Gasteiger partial charge in [-0.05, 0) is 24.1 Å². The summed E-state index contributed by atoms with van der Waals surface area (Å²) in [6, 6.07) is 4.76. The van der Waals surface area contributed by atoms with Crippen molar-refractivity contribution in [3.63, 3.8) is 0 Å². The van der Waals surface area contributed by atoms with Gasteiger partial charge in [0.25, 0.3) is 0 Å². The molecule has 0 aliphatic carbocycles. The zero-order valence-corrected chi connectivity index (χ0v) is 11.0. The molecule has 5 heteroatoms. The summed E-state index contributed by atoms with van der Waals surface area (Å²) < 4.78 is 19.0. The molecule has 0 aliphatic heterocycles. The largest absolute Gasteiger partial charge is 0.484 e. The van der Waals surface area contributed by atoms with Gasteiger partial charge in [-0.25, -0.2) is 9.37 Å². The van der Waals surface area contributed by atoms with E-state index in [0.717, 1.165) is 22.7 Å². The number of ether oxygens (including phenoxy) is 1. The molecule has 0 saturated carbocycles. The molecule has 1 aromatic heterocycles. The lowest BCUT2D eigenvalue weighted by Crippen LogP contribution is -2.01. The first-order chi connectivity index (χ1) is 8.72. The van der Waals surface area contributed by atoms with Gasteiger partial charge in [0, 0.05) is 11.9 Å². The molecule has 0 radical (unpaired) electrons. The summed E-state index contributed by atoms with van der Waals surface area (Å²) >= 11 is 1.59. The summed E-state index contributed by atoms with van der Waals surface area (Å²) in [4.78, 5) is 4.36.